The fraction of sp³-hybridized carbons (Fsp3) is 0.0435. The van der Waals surface area contributed by atoms with Crippen LogP contribution >= 0.6 is 0 Å². The molecule has 2 heterocycles. The Hall–Kier alpha value is -3.26. The van der Waals surface area contributed by atoms with E-state index in [0.29, 0.717) is 0 Å². The Kier molecular flexibility index (Phi) is 3.04. The Labute approximate surface area is 146 Å². The Morgan fingerprint density at radius 1 is 0.840 bits per heavy atom. The Morgan fingerprint density at radius 3 is 2.64 bits per heavy atom. The molecule has 0 saturated heterocycles. The van der Waals surface area contributed by atoms with E-state index in [0.717, 1.165) is 16.8 Å². The fourth-order valence-electron chi connectivity index (χ4n) is 3.54. The minimum absolute atomic E-state index is 1.04. The molecule has 0 saturated carbocycles. The van der Waals surface area contributed by atoms with Crippen LogP contribution < -0.4 is 0 Å². The van der Waals surface area contributed by atoms with Crippen molar-refractivity contribution in [1.29, 1.82) is 0 Å². The molecule has 0 atom stereocenters. The average Bonchev–Trinajstić information content (AvgIpc) is 2.93. The van der Waals surface area contributed by atoms with E-state index < -0.39 is 0 Å². The van der Waals surface area contributed by atoms with Gasteiger partial charge in [0.25, 0.3) is 0 Å². The number of benzene rings is 2. The molecule has 25 heavy (non-hydrogen) atoms. The van der Waals surface area contributed by atoms with Crippen molar-refractivity contribution in [2.24, 2.45) is 0 Å². The second-order valence-electron chi connectivity index (χ2n) is 6.47. The maximum Gasteiger partial charge on any atom is 0.0794 e. The molecule has 2 heteroatoms. The molecular formula is C23H16N2. The molecule has 5 rings (SSSR count). The lowest BCUT2D eigenvalue weighted by Gasteiger charge is -2.05. The largest absolute Gasteiger partial charge is 0.264 e. The molecule has 0 N–H and O–H groups in total. The van der Waals surface area contributed by atoms with Crippen LogP contribution in [0.15, 0.2) is 73.1 Å². The maximum absolute atomic E-state index is 4.96. The van der Waals surface area contributed by atoms with Gasteiger partial charge >= 0.3 is 0 Å². The normalized spacial score (nSPS) is 13.9. The Balaban J connectivity index is 1.84. The molecule has 1 aliphatic rings. The van der Waals surface area contributed by atoms with E-state index in [1.54, 1.807) is 6.20 Å². The highest BCUT2D eigenvalue weighted by molar-refractivity contribution is 6.07. The SMILES string of the molecule is Cc1ccc2c(c1)/C(=C\c1cccnc1)c1cc3ccccc3nc1-2. The number of fused-ring (bicyclic) bond motifs is 4. The van der Waals surface area contributed by atoms with Gasteiger partial charge in [-0.05, 0) is 47.9 Å². The van der Waals surface area contributed by atoms with E-state index in [1.165, 1.54) is 33.2 Å². The lowest BCUT2D eigenvalue weighted by Crippen LogP contribution is -1.87. The van der Waals surface area contributed by atoms with Gasteiger partial charge < -0.3 is 0 Å². The molecule has 118 valence electrons. The zero-order chi connectivity index (χ0) is 16.8. The number of hydrogen-bond acceptors (Lipinski definition) is 2. The monoisotopic (exact) mass is 320 g/mol. The fourth-order valence-corrected chi connectivity index (χ4v) is 3.54. The molecule has 0 unspecified atom stereocenters. The third-order valence-corrected chi connectivity index (χ3v) is 4.73. The minimum Gasteiger partial charge on any atom is -0.264 e. The standard InChI is InChI=1S/C23H16N2/c1-15-8-9-18-19(11-15)20(12-16-5-4-10-24-14-16)21-13-17-6-2-3-7-22(17)25-23(18)21/h2-14H,1H3/b20-12+. The van der Waals surface area contributed by atoms with Gasteiger partial charge in [0.05, 0.1) is 11.2 Å². The van der Waals surface area contributed by atoms with Crippen molar-refractivity contribution in [3.8, 4) is 11.3 Å². The van der Waals surface area contributed by atoms with Gasteiger partial charge in [-0.15, -0.1) is 0 Å². The molecular weight excluding hydrogens is 304 g/mol. The zero-order valence-electron chi connectivity index (χ0n) is 13.9. The predicted octanol–water partition coefficient (Wildman–Crippen LogP) is 5.51. The minimum atomic E-state index is 1.04. The number of hydrogen-bond donors (Lipinski definition) is 0. The summed E-state index contributed by atoms with van der Waals surface area (Å²) in [5.74, 6) is 0. The average molecular weight is 320 g/mol. The number of aryl methyl sites for hydroxylation is 1. The summed E-state index contributed by atoms with van der Waals surface area (Å²) < 4.78 is 0. The summed E-state index contributed by atoms with van der Waals surface area (Å²) in [6.45, 7) is 2.13. The lowest BCUT2D eigenvalue weighted by molar-refractivity contribution is 1.32. The summed E-state index contributed by atoms with van der Waals surface area (Å²) in [6, 6.07) is 21.2. The third-order valence-electron chi connectivity index (χ3n) is 4.73. The first-order valence-corrected chi connectivity index (χ1v) is 8.43. The van der Waals surface area contributed by atoms with Crippen molar-refractivity contribution in [3.05, 3.63) is 95.3 Å². The molecule has 4 aromatic rings. The van der Waals surface area contributed by atoms with Crippen LogP contribution in [-0.2, 0) is 0 Å². The molecule has 0 bridgehead atoms. The molecule has 2 aromatic heterocycles. The summed E-state index contributed by atoms with van der Waals surface area (Å²) in [4.78, 5) is 9.21. The van der Waals surface area contributed by atoms with E-state index in [2.05, 4.69) is 66.5 Å². The topological polar surface area (TPSA) is 25.8 Å². The number of para-hydroxylation sites is 1. The Morgan fingerprint density at radius 2 is 1.76 bits per heavy atom. The molecule has 1 aliphatic carbocycles. The van der Waals surface area contributed by atoms with Gasteiger partial charge in [-0.2, -0.15) is 0 Å². The van der Waals surface area contributed by atoms with Crippen LogP contribution in [0.1, 0.15) is 22.3 Å². The molecule has 0 aliphatic heterocycles. The van der Waals surface area contributed by atoms with Crippen LogP contribution in [0.4, 0.5) is 0 Å². The number of nitrogens with zero attached hydrogens (tertiary/aromatic N) is 2. The summed E-state index contributed by atoms with van der Waals surface area (Å²) in [7, 11) is 0. The lowest BCUT2D eigenvalue weighted by atomic mass is 10.00. The van der Waals surface area contributed by atoms with Gasteiger partial charge in [0.2, 0.25) is 0 Å². The molecule has 2 aromatic carbocycles. The van der Waals surface area contributed by atoms with Crippen molar-refractivity contribution in [3.63, 3.8) is 0 Å². The van der Waals surface area contributed by atoms with Crippen LogP contribution in [0.5, 0.6) is 0 Å². The van der Waals surface area contributed by atoms with Crippen LogP contribution in [0, 0.1) is 6.92 Å². The van der Waals surface area contributed by atoms with Crippen LogP contribution in [0.2, 0.25) is 0 Å². The van der Waals surface area contributed by atoms with E-state index >= 15 is 0 Å². The van der Waals surface area contributed by atoms with E-state index in [-0.39, 0.29) is 0 Å². The van der Waals surface area contributed by atoms with Gasteiger partial charge in [-0.3, -0.25) is 4.98 Å². The van der Waals surface area contributed by atoms with Crippen molar-refractivity contribution in [1.82, 2.24) is 9.97 Å². The predicted molar refractivity (Wildman–Crippen MR) is 103 cm³/mol. The summed E-state index contributed by atoms with van der Waals surface area (Å²) in [6.07, 6.45) is 5.92. The third kappa shape index (κ3) is 2.26. The van der Waals surface area contributed by atoms with Crippen LogP contribution in [-0.4, -0.2) is 9.97 Å². The quantitative estimate of drug-likeness (QED) is 0.407. The molecule has 2 nitrogen and oxygen atoms in total. The van der Waals surface area contributed by atoms with Crippen molar-refractivity contribution in [2.75, 3.05) is 0 Å². The van der Waals surface area contributed by atoms with Gasteiger partial charge in [-0.25, -0.2) is 4.98 Å². The maximum atomic E-state index is 4.96. The number of pyridine rings is 2. The number of aromatic nitrogens is 2. The van der Waals surface area contributed by atoms with Gasteiger partial charge in [-0.1, -0.05) is 48.0 Å². The second-order valence-corrected chi connectivity index (χ2v) is 6.47. The van der Waals surface area contributed by atoms with Crippen molar-refractivity contribution >= 4 is 22.6 Å². The zero-order valence-corrected chi connectivity index (χ0v) is 13.9. The highest BCUT2D eigenvalue weighted by Crippen LogP contribution is 2.45. The van der Waals surface area contributed by atoms with E-state index in [4.69, 9.17) is 4.98 Å². The first-order valence-electron chi connectivity index (χ1n) is 8.43. The first-order chi connectivity index (χ1) is 12.3. The summed E-state index contributed by atoms with van der Waals surface area (Å²) in [5.41, 5.74) is 9.35. The summed E-state index contributed by atoms with van der Waals surface area (Å²) >= 11 is 0. The molecule has 0 radical (unpaired) electrons. The van der Waals surface area contributed by atoms with E-state index in [1.807, 2.05) is 18.3 Å². The highest BCUT2D eigenvalue weighted by atomic mass is 14.7. The highest BCUT2D eigenvalue weighted by Gasteiger charge is 2.25. The smallest absolute Gasteiger partial charge is 0.0794 e. The van der Waals surface area contributed by atoms with Crippen molar-refractivity contribution in [2.45, 2.75) is 6.92 Å². The summed E-state index contributed by atoms with van der Waals surface area (Å²) in [5, 5.41) is 1.17. The van der Waals surface area contributed by atoms with Crippen LogP contribution in [0.25, 0.3) is 33.8 Å². The van der Waals surface area contributed by atoms with Gasteiger partial charge in [0.1, 0.15) is 0 Å². The van der Waals surface area contributed by atoms with Crippen molar-refractivity contribution < 1.29 is 0 Å². The first kappa shape index (κ1) is 14.1. The second kappa shape index (κ2) is 5.38. The molecule has 0 spiro atoms. The number of rotatable bonds is 1. The van der Waals surface area contributed by atoms with Gasteiger partial charge in [0.15, 0.2) is 0 Å². The molecule has 0 amide bonds. The molecule has 0 fully saturated rings. The Bertz CT molecular complexity index is 1140. The van der Waals surface area contributed by atoms with Crippen LogP contribution in [0.3, 0.4) is 0 Å². The van der Waals surface area contributed by atoms with Gasteiger partial charge in [0, 0.05) is 28.9 Å². The van der Waals surface area contributed by atoms with E-state index in [9.17, 15) is 0 Å².